The molecule has 3 aromatic rings. The Morgan fingerprint density at radius 1 is 1.14 bits per heavy atom. The van der Waals surface area contributed by atoms with Gasteiger partial charge in [-0.05, 0) is 54.7 Å². The zero-order valence-corrected chi connectivity index (χ0v) is 22.4. The number of rotatable bonds is 5. The number of H-pyrrole nitrogens is 1. The molecule has 36 heavy (non-hydrogen) atoms. The van der Waals surface area contributed by atoms with Crippen molar-refractivity contribution in [3.63, 3.8) is 0 Å². The third-order valence-electron chi connectivity index (χ3n) is 7.60. The molecule has 0 radical (unpaired) electrons. The lowest BCUT2D eigenvalue weighted by Gasteiger charge is -2.36. The van der Waals surface area contributed by atoms with Crippen LogP contribution < -0.4 is 5.32 Å². The Bertz CT molecular complexity index is 1280. The second-order valence-electron chi connectivity index (χ2n) is 10.2. The van der Waals surface area contributed by atoms with Gasteiger partial charge in [-0.3, -0.25) is 9.78 Å². The van der Waals surface area contributed by atoms with Crippen molar-refractivity contribution in [1.82, 2.24) is 25.2 Å². The van der Waals surface area contributed by atoms with Crippen LogP contribution in [0, 0.1) is 11.8 Å². The average molecular weight is 554 g/mol. The number of benzene rings is 1. The van der Waals surface area contributed by atoms with Crippen molar-refractivity contribution in [2.24, 2.45) is 11.8 Å². The van der Waals surface area contributed by atoms with Crippen LogP contribution in [0.15, 0.2) is 41.1 Å². The van der Waals surface area contributed by atoms with Gasteiger partial charge in [0.05, 0.1) is 30.7 Å². The van der Waals surface area contributed by atoms with E-state index < -0.39 is 12.1 Å². The van der Waals surface area contributed by atoms with Gasteiger partial charge < -0.3 is 19.9 Å². The molecule has 1 saturated carbocycles. The summed E-state index contributed by atoms with van der Waals surface area (Å²) in [6.07, 6.45) is 8.32. The van der Waals surface area contributed by atoms with Gasteiger partial charge in [0.2, 0.25) is 5.91 Å². The molecule has 2 amide bonds. The summed E-state index contributed by atoms with van der Waals surface area (Å²) in [7, 11) is 1.32. The first-order valence-corrected chi connectivity index (χ1v) is 13.4. The van der Waals surface area contributed by atoms with E-state index >= 15 is 0 Å². The molecule has 1 aliphatic carbocycles. The molecule has 0 unspecified atom stereocenters. The Balaban J connectivity index is 1.46. The van der Waals surface area contributed by atoms with Crippen LogP contribution in [0.1, 0.15) is 57.8 Å². The van der Waals surface area contributed by atoms with Gasteiger partial charge in [0.1, 0.15) is 11.9 Å². The van der Waals surface area contributed by atoms with E-state index in [0.29, 0.717) is 5.92 Å². The van der Waals surface area contributed by atoms with E-state index in [1.165, 1.54) is 13.5 Å². The highest BCUT2D eigenvalue weighted by atomic mass is 79.9. The molecule has 5 rings (SSSR count). The van der Waals surface area contributed by atoms with Crippen LogP contribution in [0.4, 0.5) is 4.79 Å². The van der Waals surface area contributed by atoms with Gasteiger partial charge in [-0.15, -0.1) is 0 Å². The monoisotopic (exact) mass is 553 g/mol. The summed E-state index contributed by atoms with van der Waals surface area (Å²) in [5.41, 5.74) is 1.63. The molecule has 0 bridgehead atoms. The molecular formula is C27H32BrN5O3. The standard InChI is InChI=1S/C27H32BrN5O3/c1-15(2)24(32-27(35)36-3)26(34)33-22-7-5-4-6-17(22)12-23(33)25-30-14-21(31-25)20-11-16-8-9-19(28)10-18(16)13-29-20/h8-11,13-15,17,22-24H,4-7,12H2,1-3H3,(H,30,31)(H,32,35)/t17-,22-,23-,24-/m0/s1. The van der Waals surface area contributed by atoms with Gasteiger partial charge in [-0.25, -0.2) is 9.78 Å². The number of amides is 2. The first-order valence-electron chi connectivity index (χ1n) is 12.6. The number of carbonyl (C=O) groups is 2. The minimum Gasteiger partial charge on any atom is -0.453 e. The zero-order valence-electron chi connectivity index (χ0n) is 20.8. The number of aromatic nitrogens is 3. The minimum atomic E-state index is -0.656. The first kappa shape index (κ1) is 24.7. The number of halogens is 1. The first-order chi connectivity index (χ1) is 17.4. The Labute approximate surface area is 219 Å². The number of alkyl carbamates (subject to hydrolysis) is 1. The minimum absolute atomic E-state index is 0.0674. The van der Waals surface area contributed by atoms with E-state index in [-0.39, 0.29) is 23.9 Å². The predicted molar refractivity (Wildman–Crippen MR) is 141 cm³/mol. The topological polar surface area (TPSA) is 100 Å². The van der Waals surface area contributed by atoms with Gasteiger partial charge in [0, 0.05) is 22.1 Å². The lowest BCUT2D eigenvalue weighted by molar-refractivity contribution is -0.138. The molecule has 2 fully saturated rings. The summed E-state index contributed by atoms with van der Waals surface area (Å²) < 4.78 is 5.82. The fraction of sp³-hybridized carbons (Fsp3) is 0.481. The number of nitrogens with zero attached hydrogens (tertiary/aromatic N) is 3. The number of nitrogens with one attached hydrogen (secondary N) is 2. The maximum Gasteiger partial charge on any atom is 0.407 e. The maximum atomic E-state index is 13.9. The lowest BCUT2D eigenvalue weighted by Crippen LogP contribution is -2.53. The fourth-order valence-electron chi connectivity index (χ4n) is 5.78. The van der Waals surface area contributed by atoms with Crippen LogP contribution in [0.3, 0.4) is 0 Å². The Kier molecular flexibility index (Phi) is 7.01. The highest BCUT2D eigenvalue weighted by Gasteiger charge is 2.48. The smallest absolute Gasteiger partial charge is 0.407 e. The Morgan fingerprint density at radius 2 is 1.94 bits per heavy atom. The summed E-state index contributed by atoms with van der Waals surface area (Å²) in [4.78, 5) is 40.8. The van der Waals surface area contributed by atoms with E-state index in [2.05, 4.69) is 37.3 Å². The number of imidazole rings is 1. The molecule has 1 saturated heterocycles. The third kappa shape index (κ3) is 4.73. The summed E-state index contributed by atoms with van der Waals surface area (Å²) in [5.74, 6) is 1.06. The van der Waals surface area contributed by atoms with Gasteiger partial charge >= 0.3 is 6.09 Å². The molecule has 190 valence electrons. The van der Waals surface area contributed by atoms with Crippen LogP contribution in [0.2, 0.25) is 0 Å². The molecule has 8 nitrogen and oxygen atoms in total. The normalized spacial score (nSPS) is 22.5. The molecular weight excluding hydrogens is 522 g/mol. The van der Waals surface area contributed by atoms with Crippen molar-refractivity contribution in [2.75, 3.05) is 7.11 Å². The van der Waals surface area contributed by atoms with Gasteiger partial charge in [-0.1, -0.05) is 48.7 Å². The number of hydrogen-bond acceptors (Lipinski definition) is 5. The Hall–Kier alpha value is -2.94. The number of likely N-dealkylation sites (tertiary alicyclic amines) is 1. The molecule has 2 N–H and O–H groups in total. The average Bonchev–Trinajstić information content (AvgIpc) is 3.51. The van der Waals surface area contributed by atoms with Gasteiger partial charge in [-0.2, -0.15) is 0 Å². The van der Waals surface area contributed by atoms with Crippen molar-refractivity contribution >= 4 is 38.7 Å². The van der Waals surface area contributed by atoms with E-state index in [1.807, 2.05) is 43.1 Å². The molecule has 2 aliphatic rings. The van der Waals surface area contributed by atoms with E-state index in [9.17, 15) is 9.59 Å². The molecule has 2 aromatic heterocycles. The van der Waals surface area contributed by atoms with Crippen molar-refractivity contribution < 1.29 is 14.3 Å². The molecule has 4 atom stereocenters. The summed E-state index contributed by atoms with van der Waals surface area (Å²) >= 11 is 3.51. The van der Waals surface area contributed by atoms with E-state index in [1.54, 1.807) is 6.20 Å². The van der Waals surface area contributed by atoms with Gasteiger partial charge in [0.25, 0.3) is 0 Å². The molecule has 0 spiro atoms. The fourth-order valence-corrected chi connectivity index (χ4v) is 6.16. The SMILES string of the molecule is COC(=O)N[C@H](C(=O)N1[C@H](c2ncc(-c3cc4ccc(Br)cc4cn3)[nH]2)C[C@@H]2CCCC[C@@H]21)C(C)C. The van der Waals surface area contributed by atoms with E-state index in [4.69, 9.17) is 9.72 Å². The predicted octanol–water partition coefficient (Wildman–Crippen LogP) is 5.60. The highest BCUT2D eigenvalue weighted by molar-refractivity contribution is 9.10. The molecule has 3 heterocycles. The number of pyridine rings is 1. The summed E-state index contributed by atoms with van der Waals surface area (Å²) in [6.45, 7) is 3.88. The second kappa shape index (κ2) is 10.2. The van der Waals surface area contributed by atoms with Crippen LogP contribution in [0.5, 0.6) is 0 Å². The maximum absolute atomic E-state index is 13.9. The van der Waals surface area contributed by atoms with Crippen molar-refractivity contribution in [3.05, 3.63) is 47.0 Å². The molecule has 1 aromatic carbocycles. The van der Waals surface area contributed by atoms with E-state index in [0.717, 1.165) is 58.1 Å². The van der Waals surface area contributed by atoms with Crippen molar-refractivity contribution in [3.8, 4) is 11.4 Å². The van der Waals surface area contributed by atoms with Crippen LogP contribution in [-0.4, -0.2) is 51.0 Å². The number of fused-ring (bicyclic) bond motifs is 2. The lowest BCUT2D eigenvalue weighted by atomic mass is 9.84. The second-order valence-corrected chi connectivity index (χ2v) is 11.1. The summed E-state index contributed by atoms with van der Waals surface area (Å²) in [5, 5.41) is 4.92. The number of methoxy groups -OCH3 is 1. The van der Waals surface area contributed by atoms with Crippen LogP contribution >= 0.6 is 15.9 Å². The van der Waals surface area contributed by atoms with Gasteiger partial charge in [0.15, 0.2) is 0 Å². The molecule has 1 aliphatic heterocycles. The van der Waals surface area contributed by atoms with Crippen molar-refractivity contribution in [2.45, 2.75) is 64.1 Å². The van der Waals surface area contributed by atoms with Crippen LogP contribution in [0.25, 0.3) is 22.2 Å². The Morgan fingerprint density at radius 3 is 2.72 bits per heavy atom. The number of carbonyl (C=O) groups excluding carboxylic acids is 2. The highest BCUT2D eigenvalue weighted by Crippen LogP contribution is 2.46. The zero-order chi connectivity index (χ0) is 25.4. The quantitative estimate of drug-likeness (QED) is 0.428. The number of ether oxygens (including phenoxy) is 1. The largest absolute Gasteiger partial charge is 0.453 e. The van der Waals surface area contributed by atoms with Crippen molar-refractivity contribution in [1.29, 1.82) is 0 Å². The third-order valence-corrected chi connectivity index (χ3v) is 8.10. The number of aromatic amines is 1. The van der Waals surface area contributed by atoms with Crippen LogP contribution in [-0.2, 0) is 9.53 Å². The summed E-state index contributed by atoms with van der Waals surface area (Å²) in [6, 6.07) is 7.50. The number of hydrogen-bond donors (Lipinski definition) is 2. The molecule has 9 heteroatoms.